The SMILES string of the molecule is [C-]#[N+]c1ccc(C(=O)NN)cc1.[C-]#[N+]c1ccc(C[C@@H](C(=O)NNC(=O)c2ccc(C#N)cc2)C(C)(C)O)c(C)c1C.[C-]#[N+]c1ccc(C[C@@H](C(=O)O)C(C)(C)O)c(C)c1C. The van der Waals surface area contributed by atoms with Gasteiger partial charge in [-0.1, -0.05) is 59.7 Å². The van der Waals surface area contributed by atoms with E-state index in [2.05, 4.69) is 25.4 Å². The Labute approximate surface area is 356 Å². The van der Waals surface area contributed by atoms with Crippen molar-refractivity contribution in [2.45, 2.75) is 79.4 Å². The van der Waals surface area contributed by atoms with Crippen LogP contribution in [0.25, 0.3) is 14.5 Å². The Kier molecular flexibility index (Phi) is 18.0. The van der Waals surface area contributed by atoms with Crippen molar-refractivity contribution in [3.05, 3.63) is 157 Å². The summed E-state index contributed by atoms with van der Waals surface area (Å²) in [4.78, 5) is 57.3. The average molecular weight is 827 g/mol. The van der Waals surface area contributed by atoms with Gasteiger partial charge in [-0.3, -0.25) is 35.5 Å². The number of nitrogens with zero attached hydrogens (tertiary/aromatic N) is 4. The van der Waals surface area contributed by atoms with E-state index < -0.39 is 40.8 Å². The normalized spacial score (nSPS) is 11.5. The summed E-state index contributed by atoms with van der Waals surface area (Å²) in [5, 5.41) is 38.5. The van der Waals surface area contributed by atoms with Gasteiger partial charge >= 0.3 is 5.97 Å². The number of benzene rings is 4. The molecule has 0 bridgehead atoms. The molecule has 0 saturated carbocycles. The van der Waals surface area contributed by atoms with E-state index in [4.69, 9.17) is 30.8 Å². The van der Waals surface area contributed by atoms with Gasteiger partial charge in [-0.15, -0.1) is 0 Å². The quantitative estimate of drug-likeness (QED) is 0.0384. The first-order chi connectivity index (χ1) is 28.5. The second-order valence-electron chi connectivity index (χ2n) is 15.1. The van der Waals surface area contributed by atoms with Crippen LogP contribution >= 0.6 is 0 Å². The van der Waals surface area contributed by atoms with E-state index in [9.17, 15) is 34.5 Å². The van der Waals surface area contributed by atoms with Crippen molar-refractivity contribution >= 4 is 40.8 Å². The van der Waals surface area contributed by atoms with Crippen LogP contribution in [0.4, 0.5) is 17.1 Å². The standard InChI is InChI=1S/C23H24N4O3.C15H19NO3.C8H7N3O/c1-14-15(2)20(25-5)11-10-18(14)12-19(23(3,4)30)22(29)27-26-21(28)17-8-6-16(13-24)7-9-17;1-9-10(2)13(16-5)7-6-11(9)8-12(14(17)18)15(3,4)19;1-10-7-4-2-6(3-5-7)8(12)11-9/h6-11,19,30H,12H2,1-4H3,(H,26,28)(H,27,29);6-7,12,19H,8H2,1-4H3,(H,17,18);2-5H,9H2,(H,11,12)/t19-;12-;/m00./s1. The number of hydrogen-bond donors (Lipinski definition) is 7. The van der Waals surface area contributed by atoms with Crippen LogP contribution in [0.2, 0.25) is 0 Å². The van der Waals surface area contributed by atoms with Crippen LogP contribution in [-0.2, 0) is 22.4 Å². The molecule has 4 aromatic rings. The van der Waals surface area contributed by atoms with Crippen LogP contribution in [0.1, 0.15) is 87.4 Å². The van der Waals surface area contributed by atoms with Crippen LogP contribution in [0.15, 0.2) is 72.8 Å². The van der Waals surface area contributed by atoms with Gasteiger partial charge in [0.1, 0.15) is 0 Å². The number of carboxylic acid groups (broad SMARTS) is 1. The van der Waals surface area contributed by atoms with E-state index in [1.807, 2.05) is 39.2 Å². The maximum atomic E-state index is 12.8. The molecular formula is C46H50N8O7. The first-order valence-electron chi connectivity index (χ1n) is 18.7. The van der Waals surface area contributed by atoms with Crippen molar-refractivity contribution in [2.24, 2.45) is 17.7 Å². The molecular weight excluding hydrogens is 777 g/mol. The highest BCUT2D eigenvalue weighted by Gasteiger charge is 2.35. The van der Waals surface area contributed by atoms with Crippen molar-refractivity contribution in [1.82, 2.24) is 16.3 Å². The molecule has 0 unspecified atom stereocenters. The summed E-state index contributed by atoms with van der Waals surface area (Å²) in [7, 11) is 0. The van der Waals surface area contributed by atoms with Crippen LogP contribution in [0, 0.1) is 70.6 Å². The molecule has 0 fully saturated rings. The summed E-state index contributed by atoms with van der Waals surface area (Å²) in [5.74, 6) is 0.773. The predicted molar refractivity (Wildman–Crippen MR) is 230 cm³/mol. The Morgan fingerprint density at radius 1 is 0.656 bits per heavy atom. The Morgan fingerprint density at radius 3 is 1.46 bits per heavy atom. The van der Waals surface area contributed by atoms with E-state index >= 15 is 0 Å². The number of carbonyl (C=O) groups excluding carboxylic acids is 3. The number of aliphatic hydroxyl groups is 2. The number of hydrogen-bond acceptors (Lipinski definition) is 8. The van der Waals surface area contributed by atoms with Gasteiger partial charge in [0.05, 0.1) is 54.4 Å². The Bertz CT molecular complexity index is 2400. The fraction of sp³-hybridized carbons (Fsp3) is 0.304. The lowest BCUT2D eigenvalue weighted by molar-refractivity contribution is -0.149. The molecule has 2 atom stereocenters. The summed E-state index contributed by atoms with van der Waals surface area (Å²) in [6.45, 7) is 34.5. The Balaban J connectivity index is 0.000000351. The van der Waals surface area contributed by atoms with E-state index in [0.717, 1.165) is 33.4 Å². The third-order valence-electron chi connectivity index (χ3n) is 10.1. The third-order valence-corrected chi connectivity index (χ3v) is 10.1. The fourth-order valence-corrected chi connectivity index (χ4v) is 5.90. The summed E-state index contributed by atoms with van der Waals surface area (Å²) < 4.78 is 0. The first-order valence-corrected chi connectivity index (χ1v) is 18.7. The number of aliphatic carboxylic acids is 1. The molecule has 0 saturated heterocycles. The highest BCUT2D eigenvalue weighted by Crippen LogP contribution is 2.30. The average Bonchev–Trinajstić information content (AvgIpc) is 3.22. The minimum atomic E-state index is -1.35. The first kappa shape index (κ1) is 49.7. The second kappa shape index (κ2) is 22.1. The molecule has 0 spiro atoms. The Morgan fingerprint density at radius 2 is 1.08 bits per heavy atom. The zero-order chi connectivity index (χ0) is 46.2. The minimum absolute atomic E-state index is 0.243. The van der Waals surface area contributed by atoms with Gasteiger partial charge in [0.15, 0.2) is 17.1 Å². The second-order valence-corrected chi connectivity index (χ2v) is 15.1. The zero-order valence-electron chi connectivity index (χ0n) is 35.3. The van der Waals surface area contributed by atoms with Crippen molar-refractivity contribution in [1.29, 1.82) is 5.26 Å². The minimum Gasteiger partial charge on any atom is -0.481 e. The number of nitrogens with one attached hydrogen (secondary N) is 3. The van der Waals surface area contributed by atoms with Crippen molar-refractivity contribution < 1.29 is 34.5 Å². The molecule has 0 radical (unpaired) electrons. The summed E-state index contributed by atoms with van der Waals surface area (Å²) in [6, 6.07) is 21.2. The van der Waals surface area contributed by atoms with Gasteiger partial charge < -0.3 is 15.3 Å². The van der Waals surface area contributed by atoms with Crippen LogP contribution < -0.4 is 22.1 Å². The van der Waals surface area contributed by atoms with Crippen LogP contribution in [0.3, 0.4) is 0 Å². The molecule has 0 heterocycles. The van der Waals surface area contributed by atoms with E-state index in [1.165, 1.54) is 52.0 Å². The number of nitrogen functional groups attached to an aromatic ring is 1. The molecule has 3 amide bonds. The monoisotopic (exact) mass is 826 g/mol. The van der Waals surface area contributed by atoms with Crippen molar-refractivity contribution in [2.75, 3.05) is 0 Å². The smallest absolute Gasteiger partial charge is 0.309 e. The van der Waals surface area contributed by atoms with Gasteiger partial charge in [0.2, 0.25) is 5.91 Å². The molecule has 8 N–H and O–H groups in total. The van der Waals surface area contributed by atoms with Crippen LogP contribution in [0.5, 0.6) is 0 Å². The predicted octanol–water partition coefficient (Wildman–Crippen LogP) is 6.83. The molecule has 316 valence electrons. The summed E-state index contributed by atoms with van der Waals surface area (Å²) >= 11 is 0. The summed E-state index contributed by atoms with van der Waals surface area (Å²) in [6.07, 6.45) is 0.497. The van der Waals surface area contributed by atoms with Crippen molar-refractivity contribution in [3.8, 4) is 6.07 Å². The molecule has 0 aromatic heterocycles. The van der Waals surface area contributed by atoms with Gasteiger partial charge in [-0.05, 0) is 115 Å². The van der Waals surface area contributed by atoms with E-state index in [0.29, 0.717) is 28.2 Å². The molecule has 4 aromatic carbocycles. The van der Waals surface area contributed by atoms with Gasteiger partial charge in [0, 0.05) is 11.1 Å². The number of rotatable bonds is 10. The number of carbonyl (C=O) groups is 4. The lowest BCUT2D eigenvalue weighted by atomic mass is 9.83. The fourth-order valence-electron chi connectivity index (χ4n) is 5.90. The molecule has 0 aliphatic rings. The highest BCUT2D eigenvalue weighted by molar-refractivity contribution is 5.96. The van der Waals surface area contributed by atoms with Gasteiger partial charge in [-0.25, -0.2) is 20.4 Å². The maximum absolute atomic E-state index is 12.8. The molecule has 0 aliphatic carbocycles. The lowest BCUT2D eigenvalue weighted by Gasteiger charge is -2.29. The molecule has 61 heavy (non-hydrogen) atoms. The van der Waals surface area contributed by atoms with Crippen molar-refractivity contribution in [3.63, 3.8) is 0 Å². The molecule has 0 aliphatic heterocycles. The topological polar surface area (TPSA) is 228 Å². The van der Waals surface area contributed by atoms with Crippen LogP contribution in [-0.4, -0.2) is 50.2 Å². The van der Waals surface area contributed by atoms with E-state index in [1.54, 1.807) is 48.5 Å². The third kappa shape index (κ3) is 14.1. The number of hydrazine groups is 2. The number of nitrogens with two attached hydrogens (primary N) is 1. The van der Waals surface area contributed by atoms with Gasteiger partial charge in [-0.2, -0.15) is 5.26 Å². The zero-order valence-corrected chi connectivity index (χ0v) is 35.3. The lowest BCUT2D eigenvalue weighted by Crippen LogP contribution is -2.50. The molecule has 4 rings (SSSR count). The summed E-state index contributed by atoms with van der Waals surface area (Å²) in [5.41, 5.74) is 12.1. The number of carboxylic acids is 1. The van der Waals surface area contributed by atoms with Gasteiger partial charge in [0.25, 0.3) is 11.8 Å². The Hall–Kier alpha value is -7.40. The number of nitriles is 1. The van der Waals surface area contributed by atoms with E-state index in [-0.39, 0.29) is 24.3 Å². The highest BCUT2D eigenvalue weighted by atomic mass is 16.4. The maximum Gasteiger partial charge on any atom is 0.309 e. The molecule has 15 nitrogen and oxygen atoms in total. The largest absolute Gasteiger partial charge is 0.481 e. The number of amides is 3. The molecule has 15 heteroatoms.